The average Bonchev–Trinajstić information content (AvgIpc) is 2.16. The van der Waals surface area contributed by atoms with Crippen molar-refractivity contribution >= 4 is 5.69 Å². The van der Waals surface area contributed by atoms with Crippen LogP contribution in [-0.4, -0.2) is 19.1 Å². The van der Waals surface area contributed by atoms with Gasteiger partial charge in [0.2, 0.25) is 0 Å². The lowest BCUT2D eigenvalue weighted by molar-refractivity contribution is 0.608. The van der Waals surface area contributed by atoms with Gasteiger partial charge in [-0.25, -0.2) is 0 Å². The molecule has 0 radical (unpaired) electrons. The van der Waals surface area contributed by atoms with Gasteiger partial charge < -0.3 is 10.6 Å². The fourth-order valence-corrected chi connectivity index (χ4v) is 2.02. The van der Waals surface area contributed by atoms with E-state index in [2.05, 4.69) is 36.1 Å². The lowest BCUT2D eigenvalue weighted by Crippen LogP contribution is -2.43. The molecule has 0 saturated carbocycles. The molecule has 1 heterocycles. The highest BCUT2D eigenvalue weighted by Crippen LogP contribution is 2.25. The van der Waals surface area contributed by atoms with E-state index in [9.17, 15) is 0 Å². The Hall–Kier alpha value is -1.02. The third-order valence-corrected chi connectivity index (χ3v) is 2.65. The Morgan fingerprint density at radius 2 is 2.23 bits per heavy atom. The second-order valence-electron chi connectivity index (χ2n) is 3.63. The number of anilines is 1. The van der Waals surface area contributed by atoms with E-state index in [1.807, 2.05) is 0 Å². The van der Waals surface area contributed by atoms with Crippen LogP contribution in [0.25, 0.3) is 0 Å². The van der Waals surface area contributed by atoms with Gasteiger partial charge >= 0.3 is 0 Å². The average molecular weight is 176 g/mol. The van der Waals surface area contributed by atoms with Crippen LogP contribution in [0.5, 0.6) is 0 Å². The number of nitrogens with zero attached hydrogens (tertiary/aromatic N) is 1. The molecule has 2 heteroatoms. The van der Waals surface area contributed by atoms with Crippen molar-refractivity contribution < 1.29 is 0 Å². The van der Waals surface area contributed by atoms with Crippen LogP contribution in [0.4, 0.5) is 5.69 Å². The first-order valence-corrected chi connectivity index (χ1v) is 4.89. The van der Waals surface area contributed by atoms with Gasteiger partial charge in [-0.3, -0.25) is 0 Å². The molecule has 0 aliphatic carbocycles. The smallest absolute Gasteiger partial charge is 0.0399 e. The van der Waals surface area contributed by atoms with Crippen LogP contribution in [0.1, 0.15) is 12.5 Å². The quantitative estimate of drug-likeness (QED) is 0.700. The van der Waals surface area contributed by atoms with Crippen LogP contribution >= 0.6 is 0 Å². The zero-order valence-electron chi connectivity index (χ0n) is 8.03. The van der Waals surface area contributed by atoms with Gasteiger partial charge in [-0.05, 0) is 25.0 Å². The molecule has 0 bridgehead atoms. The first-order valence-electron chi connectivity index (χ1n) is 4.89. The maximum absolute atomic E-state index is 5.97. The topological polar surface area (TPSA) is 29.3 Å². The molecule has 0 fully saturated rings. The number of nitrogens with two attached hydrogens (primary N) is 1. The van der Waals surface area contributed by atoms with Crippen molar-refractivity contribution in [2.24, 2.45) is 5.73 Å². The maximum Gasteiger partial charge on any atom is 0.0399 e. The number of benzene rings is 1. The van der Waals surface area contributed by atoms with E-state index in [4.69, 9.17) is 5.73 Å². The van der Waals surface area contributed by atoms with Crippen molar-refractivity contribution in [1.29, 1.82) is 0 Å². The van der Waals surface area contributed by atoms with E-state index in [-0.39, 0.29) is 0 Å². The van der Waals surface area contributed by atoms with Gasteiger partial charge in [0.25, 0.3) is 0 Å². The van der Waals surface area contributed by atoms with Gasteiger partial charge in [0.05, 0.1) is 0 Å². The number of hydrogen-bond donors (Lipinski definition) is 1. The molecule has 0 saturated heterocycles. The minimum atomic E-state index is 0.301. The fraction of sp³-hybridized carbons (Fsp3) is 0.455. The minimum Gasteiger partial charge on any atom is -0.370 e. The molecule has 1 atom stereocenters. The molecule has 70 valence electrons. The lowest BCUT2D eigenvalue weighted by Gasteiger charge is -2.33. The Kier molecular flexibility index (Phi) is 2.23. The minimum absolute atomic E-state index is 0.301. The van der Waals surface area contributed by atoms with Gasteiger partial charge in [-0.1, -0.05) is 18.2 Å². The standard InChI is InChI=1S/C11H16N2/c1-2-13-8-10(12)7-9-5-3-4-6-11(9)13/h3-6,10H,2,7-8,12H2,1H3. The van der Waals surface area contributed by atoms with Crippen molar-refractivity contribution in [1.82, 2.24) is 0 Å². The zero-order chi connectivity index (χ0) is 9.26. The van der Waals surface area contributed by atoms with E-state index in [0.717, 1.165) is 19.5 Å². The Labute approximate surface area is 79.4 Å². The molecule has 0 aromatic heterocycles. The van der Waals surface area contributed by atoms with E-state index in [1.165, 1.54) is 11.3 Å². The van der Waals surface area contributed by atoms with Crippen LogP contribution in [0.15, 0.2) is 24.3 Å². The summed E-state index contributed by atoms with van der Waals surface area (Å²) in [6.07, 6.45) is 1.02. The van der Waals surface area contributed by atoms with Crippen LogP contribution in [0, 0.1) is 0 Å². The highest BCUT2D eigenvalue weighted by atomic mass is 15.1. The number of fused-ring (bicyclic) bond motifs is 1. The Morgan fingerprint density at radius 3 is 3.00 bits per heavy atom. The molecule has 1 aliphatic rings. The molecular formula is C11H16N2. The lowest BCUT2D eigenvalue weighted by atomic mass is 9.99. The summed E-state index contributed by atoms with van der Waals surface area (Å²) in [7, 11) is 0. The second-order valence-corrected chi connectivity index (χ2v) is 3.63. The van der Waals surface area contributed by atoms with Crippen LogP contribution in [-0.2, 0) is 6.42 Å². The van der Waals surface area contributed by atoms with E-state index >= 15 is 0 Å². The highest BCUT2D eigenvalue weighted by molar-refractivity contribution is 5.56. The highest BCUT2D eigenvalue weighted by Gasteiger charge is 2.19. The molecule has 1 aromatic carbocycles. The van der Waals surface area contributed by atoms with Gasteiger partial charge in [0.1, 0.15) is 0 Å². The summed E-state index contributed by atoms with van der Waals surface area (Å²) in [5.74, 6) is 0. The normalized spacial score (nSPS) is 21.4. The number of hydrogen-bond acceptors (Lipinski definition) is 2. The number of para-hydroxylation sites is 1. The van der Waals surface area contributed by atoms with E-state index in [1.54, 1.807) is 0 Å². The summed E-state index contributed by atoms with van der Waals surface area (Å²) < 4.78 is 0. The van der Waals surface area contributed by atoms with Crippen molar-refractivity contribution in [2.75, 3.05) is 18.0 Å². The molecule has 2 N–H and O–H groups in total. The van der Waals surface area contributed by atoms with E-state index in [0.29, 0.717) is 6.04 Å². The van der Waals surface area contributed by atoms with Gasteiger partial charge in [-0.15, -0.1) is 0 Å². The monoisotopic (exact) mass is 176 g/mol. The first kappa shape index (κ1) is 8.57. The van der Waals surface area contributed by atoms with Gasteiger partial charge in [-0.2, -0.15) is 0 Å². The SMILES string of the molecule is CCN1CC(N)Cc2ccccc21. The molecule has 1 unspecified atom stereocenters. The Bertz CT molecular complexity index is 296. The zero-order valence-corrected chi connectivity index (χ0v) is 8.03. The van der Waals surface area contributed by atoms with E-state index < -0.39 is 0 Å². The predicted octanol–water partition coefficient (Wildman–Crippen LogP) is 1.40. The molecule has 2 rings (SSSR count). The Morgan fingerprint density at radius 1 is 1.46 bits per heavy atom. The van der Waals surface area contributed by atoms with Crippen molar-refractivity contribution in [3.63, 3.8) is 0 Å². The predicted molar refractivity (Wildman–Crippen MR) is 56.0 cm³/mol. The Balaban J connectivity index is 2.37. The second kappa shape index (κ2) is 3.38. The summed E-state index contributed by atoms with van der Waals surface area (Å²) >= 11 is 0. The fourth-order valence-electron chi connectivity index (χ4n) is 2.02. The first-order chi connectivity index (χ1) is 6.31. The van der Waals surface area contributed by atoms with Gasteiger partial charge in [0, 0.05) is 24.8 Å². The summed E-state index contributed by atoms with van der Waals surface area (Å²) in [6.45, 7) is 4.22. The molecule has 1 aromatic rings. The summed E-state index contributed by atoms with van der Waals surface area (Å²) in [5, 5.41) is 0. The van der Waals surface area contributed by atoms with Crippen molar-refractivity contribution in [2.45, 2.75) is 19.4 Å². The molecule has 0 spiro atoms. The summed E-state index contributed by atoms with van der Waals surface area (Å²) in [6, 6.07) is 8.85. The largest absolute Gasteiger partial charge is 0.370 e. The molecule has 2 nitrogen and oxygen atoms in total. The van der Waals surface area contributed by atoms with Crippen molar-refractivity contribution in [3.05, 3.63) is 29.8 Å². The van der Waals surface area contributed by atoms with Crippen LogP contribution in [0.3, 0.4) is 0 Å². The maximum atomic E-state index is 5.97. The summed E-state index contributed by atoms with van der Waals surface area (Å²) in [5.41, 5.74) is 8.73. The van der Waals surface area contributed by atoms with Crippen molar-refractivity contribution in [3.8, 4) is 0 Å². The number of likely N-dealkylation sites (N-methyl/N-ethyl adjacent to an activating group) is 1. The van der Waals surface area contributed by atoms with Crippen LogP contribution < -0.4 is 10.6 Å². The molecule has 1 aliphatic heterocycles. The molecule has 0 amide bonds. The molecular weight excluding hydrogens is 160 g/mol. The third-order valence-electron chi connectivity index (χ3n) is 2.65. The number of rotatable bonds is 1. The van der Waals surface area contributed by atoms with Gasteiger partial charge in [0.15, 0.2) is 0 Å². The third kappa shape index (κ3) is 1.54. The molecule has 13 heavy (non-hydrogen) atoms. The van der Waals surface area contributed by atoms with Crippen LogP contribution in [0.2, 0.25) is 0 Å². The summed E-state index contributed by atoms with van der Waals surface area (Å²) in [4.78, 5) is 2.35.